The minimum absolute atomic E-state index is 0.371. The van der Waals surface area contributed by atoms with Crippen molar-refractivity contribution in [1.29, 1.82) is 0 Å². The van der Waals surface area contributed by atoms with Crippen molar-refractivity contribution in [2.45, 2.75) is 25.6 Å². The lowest BCUT2D eigenvalue weighted by atomic mass is 10.1. The molecule has 1 fully saturated rings. The largest absolute Gasteiger partial charge is 0.491 e. The number of ether oxygens (including phenoxy) is 3. The molecule has 1 N–H and O–H groups in total. The number of rotatable bonds is 8. The summed E-state index contributed by atoms with van der Waals surface area (Å²) in [5.74, 6) is 1.63. The molecule has 0 amide bonds. The molecule has 1 heterocycles. The summed E-state index contributed by atoms with van der Waals surface area (Å²) < 4.78 is 17.4. The summed E-state index contributed by atoms with van der Waals surface area (Å²) in [6.07, 6.45) is 2.54. The van der Waals surface area contributed by atoms with Crippen molar-refractivity contribution >= 4 is 0 Å². The van der Waals surface area contributed by atoms with Gasteiger partial charge < -0.3 is 19.5 Å². The Kier molecular flexibility index (Phi) is 6.51. The average Bonchev–Trinajstić information content (AvgIpc) is 2.66. The van der Waals surface area contributed by atoms with Crippen LogP contribution in [0.25, 0.3) is 0 Å². The van der Waals surface area contributed by atoms with Gasteiger partial charge in [0.05, 0.1) is 12.7 Å². The summed E-state index contributed by atoms with van der Waals surface area (Å²) >= 11 is 0. The Morgan fingerprint density at radius 1 is 0.833 bits per heavy atom. The van der Waals surface area contributed by atoms with Crippen molar-refractivity contribution in [2.75, 3.05) is 26.3 Å². The molecule has 1 aliphatic heterocycles. The summed E-state index contributed by atoms with van der Waals surface area (Å²) in [6.45, 7) is 3.84. The van der Waals surface area contributed by atoms with Gasteiger partial charge in [-0.2, -0.15) is 0 Å². The van der Waals surface area contributed by atoms with Gasteiger partial charge in [-0.05, 0) is 43.6 Å². The van der Waals surface area contributed by atoms with Crippen molar-refractivity contribution in [1.82, 2.24) is 5.32 Å². The van der Waals surface area contributed by atoms with Crippen LogP contribution >= 0.6 is 0 Å². The number of hydrogen-bond acceptors (Lipinski definition) is 4. The molecule has 2 aromatic rings. The van der Waals surface area contributed by atoms with Gasteiger partial charge in [0.25, 0.3) is 0 Å². The van der Waals surface area contributed by atoms with Crippen molar-refractivity contribution in [2.24, 2.45) is 0 Å². The molecule has 0 bridgehead atoms. The lowest BCUT2D eigenvalue weighted by Crippen LogP contribution is -2.33. The molecule has 0 unspecified atom stereocenters. The summed E-state index contributed by atoms with van der Waals surface area (Å²) in [5, 5.41) is 3.34. The zero-order valence-corrected chi connectivity index (χ0v) is 13.9. The highest BCUT2D eigenvalue weighted by Gasteiger charge is 2.12. The fourth-order valence-electron chi connectivity index (χ4n) is 2.73. The first-order chi connectivity index (χ1) is 11.9. The van der Waals surface area contributed by atoms with Gasteiger partial charge in [-0.25, -0.2) is 0 Å². The van der Waals surface area contributed by atoms with E-state index >= 15 is 0 Å². The van der Waals surface area contributed by atoms with Crippen LogP contribution in [0.1, 0.15) is 18.4 Å². The second-order valence-corrected chi connectivity index (χ2v) is 5.92. The third-order valence-corrected chi connectivity index (χ3v) is 4.05. The van der Waals surface area contributed by atoms with Crippen LogP contribution in [-0.2, 0) is 11.3 Å². The Bertz CT molecular complexity index is 597. The molecular weight excluding hydrogens is 302 g/mol. The Hall–Kier alpha value is -2.04. The summed E-state index contributed by atoms with van der Waals surface area (Å²) in [7, 11) is 0. The van der Waals surface area contributed by atoms with E-state index in [1.807, 2.05) is 42.5 Å². The van der Waals surface area contributed by atoms with Crippen LogP contribution in [0.15, 0.2) is 54.6 Å². The topological polar surface area (TPSA) is 39.7 Å². The number of hydrogen-bond donors (Lipinski definition) is 1. The van der Waals surface area contributed by atoms with Crippen LogP contribution in [0.4, 0.5) is 0 Å². The molecule has 4 nitrogen and oxygen atoms in total. The first kappa shape index (κ1) is 16.8. The molecular formula is C20H25NO3. The summed E-state index contributed by atoms with van der Waals surface area (Å²) in [5.41, 5.74) is 1.15. The molecule has 0 radical (unpaired) electrons. The standard InChI is InChI=1S/C20H25NO3/c1-2-5-17(6-3-1)16-24-20-8-4-7-19(15-20)23-14-13-22-18-9-11-21-12-10-18/h1-8,15,18,21H,9-14,16H2. The monoisotopic (exact) mass is 327 g/mol. The highest BCUT2D eigenvalue weighted by atomic mass is 16.5. The summed E-state index contributed by atoms with van der Waals surface area (Å²) in [4.78, 5) is 0. The van der Waals surface area contributed by atoms with E-state index in [0.717, 1.165) is 43.0 Å². The lowest BCUT2D eigenvalue weighted by molar-refractivity contribution is 0.0168. The van der Waals surface area contributed by atoms with Crippen LogP contribution in [0.5, 0.6) is 11.5 Å². The fraction of sp³-hybridized carbons (Fsp3) is 0.400. The smallest absolute Gasteiger partial charge is 0.123 e. The Labute approximate surface area is 143 Å². The molecule has 4 heteroatoms. The second-order valence-electron chi connectivity index (χ2n) is 5.92. The van der Waals surface area contributed by atoms with Crippen molar-refractivity contribution in [3.63, 3.8) is 0 Å². The van der Waals surface area contributed by atoms with Crippen LogP contribution in [-0.4, -0.2) is 32.4 Å². The molecule has 128 valence electrons. The molecule has 0 aromatic heterocycles. The fourth-order valence-corrected chi connectivity index (χ4v) is 2.73. The highest BCUT2D eigenvalue weighted by Crippen LogP contribution is 2.20. The minimum Gasteiger partial charge on any atom is -0.491 e. The van der Waals surface area contributed by atoms with Gasteiger partial charge in [-0.3, -0.25) is 0 Å². The Morgan fingerprint density at radius 3 is 2.38 bits per heavy atom. The minimum atomic E-state index is 0.371. The van der Waals surface area contributed by atoms with Gasteiger partial charge in [0, 0.05) is 6.07 Å². The Morgan fingerprint density at radius 2 is 1.58 bits per heavy atom. The van der Waals surface area contributed by atoms with Gasteiger partial charge in [-0.1, -0.05) is 36.4 Å². The maximum atomic E-state index is 5.84. The maximum absolute atomic E-state index is 5.84. The van der Waals surface area contributed by atoms with Gasteiger partial charge in [0.1, 0.15) is 24.7 Å². The lowest BCUT2D eigenvalue weighted by Gasteiger charge is -2.22. The quantitative estimate of drug-likeness (QED) is 0.754. The van der Waals surface area contributed by atoms with Crippen LogP contribution < -0.4 is 14.8 Å². The van der Waals surface area contributed by atoms with Gasteiger partial charge in [0.2, 0.25) is 0 Å². The molecule has 1 saturated heterocycles. The normalized spacial score (nSPS) is 15.2. The van der Waals surface area contributed by atoms with E-state index in [0.29, 0.717) is 25.9 Å². The van der Waals surface area contributed by atoms with Crippen LogP contribution in [0.3, 0.4) is 0 Å². The average molecular weight is 327 g/mol. The molecule has 1 aliphatic rings. The number of piperidine rings is 1. The van der Waals surface area contributed by atoms with Gasteiger partial charge in [-0.15, -0.1) is 0 Å². The number of benzene rings is 2. The molecule has 3 rings (SSSR count). The number of nitrogens with one attached hydrogen (secondary N) is 1. The van der Waals surface area contributed by atoms with Crippen molar-refractivity contribution < 1.29 is 14.2 Å². The van der Waals surface area contributed by atoms with Crippen LogP contribution in [0.2, 0.25) is 0 Å². The molecule has 0 saturated carbocycles. The third kappa shape index (κ3) is 5.55. The Balaban J connectivity index is 1.39. The van der Waals surface area contributed by atoms with E-state index in [1.165, 1.54) is 0 Å². The van der Waals surface area contributed by atoms with E-state index in [4.69, 9.17) is 14.2 Å². The molecule has 0 atom stereocenters. The van der Waals surface area contributed by atoms with E-state index in [2.05, 4.69) is 17.4 Å². The van der Waals surface area contributed by atoms with Gasteiger partial charge in [0.15, 0.2) is 0 Å². The molecule has 0 aliphatic carbocycles. The van der Waals surface area contributed by atoms with E-state index in [-0.39, 0.29) is 0 Å². The first-order valence-corrected chi connectivity index (χ1v) is 8.62. The van der Waals surface area contributed by atoms with E-state index in [9.17, 15) is 0 Å². The van der Waals surface area contributed by atoms with E-state index in [1.54, 1.807) is 0 Å². The zero-order chi connectivity index (χ0) is 16.5. The summed E-state index contributed by atoms with van der Waals surface area (Å²) in [6, 6.07) is 17.9. The molecule has 2 aromatic carbocycles. The van der Waals surface area contributed by atoms with Gasteiger partial charge >= 0.3 is 0 Å². The van der Waals surface area contributed by atoms with E-state index < -0.39 is 0 Å². The molecule has 24 heavy (non-hydrogen) atoms. The first-order valence-electron chi connectivity index (χ1n) is 8.62. The highest BCUT2D eigenvalue weighted by molar-refractivity contribution is 5.33. The predicted molar refractivity (Wildman–Crippen MR) is 94.6 cm³/mol. The second kappa shape index (κ2) is 9.30. The van der Waals surface area contributed by atoms with Crippen molar-refractivity contribution in [3.8, 4) is 11.5 Å². The SMILES string of the molecule is c1ccc(COc2cccc(OCCOC3CCNCC3)c2)cc1. The molecule has 0 spiro atoms. The zero-order valence-electron chi connectivity index (χ0n) is 13.9. The maximum Gasteiger partial charge on any atom is 0.123 e. The van der Waals surface area contributed by atoms with Crippen LogP contribution in [0, 0.1) is 0 Å². The predicted octanol–water partition coefficient (Wildman–Crippen LogP) is 3.41. The third-order valence-electron chi connectivity index (χ3n) is 4.05. The van der Waals surface area contributed by atoms with Crippen molar-refractivity contribution in [3.05, 3.63) is 60.2 Å².